The fourth-order valence-electron chi connectivity index (χ4n) is 2.83. The lowest BCUT2D eigenvalue weighted by atomic mass is 10.1. The second-order valence-electron chi connectivity index (χ2n) is 6.63. The molecule has 0 fully saturated rings. The monoisotopic (exact) mass is 424 g/mol. The highest BCUT2D eigenvalue weighted by Crippen LogP contribution is 2.21. The Balaban J connectivity index is 1.90. The number of benzene rings is 3. The number of rotatable bonds is 5. The van der Waals surface area contributed by atoms with Crippen LogP contribution in [-0.2, 0) is 4.79 Å². The second kappa shape index (κ2) is 9.70. The van der Waals surface area contributed by atoms with Crippen LogP contribution in [0.4, 0.5) is 11.4 Å². The summed E-state index contributed by atoms with van der Waals surface area (Å²) < 4.78 is 5.08. The number of hydrogen-bond acceptors (Lipinski definition) is 6. The quantitative estimate of drug-likeness (QED) is 0.472. The Hall–Kier alpha value is -4.95. The molecular formula is C24H16N4O4. The minimum atomic E-state index is -0.614. The Morgan fingerprint density at radius 1 is 0.750 bits per heavy atom. The van der Waals surface area contributed by atoms with Gasteiger partial charge in [0.25, 0.3) is 11.8 Å². The van der Waals surface area contributed by atoms with Crippen LogP contribution in [0.5, 0.6) is 5.75 Å². The van der Waals surface area contributed by atoms with E-state index in [1.54, 1.807) is 36.4 Å². The molecular weight excluding hydrogens is 408 g/mol. The predicted octanol–water partition coefficient (Wildman–Crippen LogP) is 3.86. The molecule has 0 unspecified atom stereocenters. The SMILES string of the molecule is CC(=O)Oc1cc(C(=O)Nc2cccc(C#N)c2)cc(C(=O)Nc2cccc(C#N)c2)c1. The lowest BCUT2D eigenvalue weighted by Crippen LogP contribution is -2.16. The summed E-state index contributed by atoms with van der Waals surface area (Å²) in [5.41, 5.74) is 1.67. The van der Waals surface area contributed by atoms with Crippen LogP contribution in [0.2, 0.25) is 0 Å². The van der Waals surface area contributed by atoms with Crippen molar-refractivity contribution in [2.45, 2.75) is 6.92 Å². The summed E-state index contributed by atoms with van der Waals surface area (Å²) in [4.78, 5) is 36.9. The third kappa shape index (κ3) is 5.56. The smallest absolute Gasteiger partial charge is 0.308 e. The Kier molecular flexibility index (Phi) is 6.59. The van der Waals surface area contributed by atoms with Crippen LogP contribution >= 0.6 is 0 Å². The molecule has 0 spiro atoms. The van der Waals surface area contributed by atoms with Gasteiger partial charge in [0.15, 0.2) is 0 Å². The second-order valence-corrected chi connectivity index (χ2v) is 6.63. The zero-order chi connectivity index (χ0) is 23.1. The maximum Gasteiger partial charge on any atom is 0.308 e. The van der Waals surface area contributed by atoms with Gasteiger partial charge in [0, 0.05) is 29.4 Å². The van der Waals surface area contributed by atoms with Crippen molar-refractivity contribution < 1.29 is 19.1 Å². The molecule has 3 rings (SSSR count). The number of anilines is 2. The van der Waals surface area contributed by atoms with Crippen LogP contribution in [0.15, 0.2) is 66.7 Å². The Morgan fingerprint density at radius 2 is 1.22 bits per heavy atom. The Bertz CT molecular complexity index is 1210. The summed E-state index contributed by atoms with van der Waals surface area (Å²) in [6, 6.07) is 20.7. The van der Waals surface area contributed by atoms with Gasteiger partial charge < -0.3 is 15.4 Å². The topological polar surface area (TPSA) is 132 Å². The zero-order valence-corrected chi connectivity index (χ0v) is 16.9. The minimum Gasteiger partial charge on any atom is -0.427 e. The lowest BCUT2D eigenvalue weighted by Gasteiger charge is -2.11. The predicted molar refractivity (Wildman–Crippen MR) is 116 cm³/mol. The van der Waals surface area contributed by atoms with E-state index in [-0.39, 0.29) is 16.9 Å². The van der Waals surface area contributed by atoms with Gasteiger partial charge in [0.05, 0.1) is 23.3 Å². The number of esters is 1. The van der Waals surface area contributed by atoms with Crippen molar-refractivity contribution >= 4 is 29.2 Å². The largest absolute Gasteiger partial charge is 0.427 e. The number of nitrogens with one attached hydrogen (secondary N) is 2. The van der Waals surface area contributed by atoms with Crippen molar-refractivity contribution in [2.24, 2.45) is 0 Å². The molecule has 32 heavy (non-hydrogen) atoms. The van der Waals surface area contributed by atoms with E-state index in [9.17, 15) is 14.4 Å². The van der Waals surface area contributed by atoms with Gasteiger partial charge in [-0.05, 0) is 54.6 Å². The summed E-state index contributed by atoms with van der Waals surface area (Å²) in [5.74, 6) is -1.71. The number of carbonyl (C=O) groups is 3. The molecule has 0 aromatic heterocycles. The minimum absolute atomic E-state index is 0.0202. The van der Waals surface area contributed by atoms with Gasteiger partial charge >= 0.3 is 5.97 Å². The first kappa shape index (κ1) is 21.8. The van der Waals surface area contributed by atoms with Crippen molar-refractivity contribution in [3.05, 3.63) is 89.0 Å². The van der Waals surface area contributed by atoms with Crippen LogP contribution in [0.25, 0.3) is 0 Å². The van der Waals surface area contributed by atoms with E-state index < -0.39 is 17.8 Å². The maximum absolute atomic E-state index is 12.8. The molecule has 2 amide bonds. The van der Waals surface area contributed by atoms with E-state index >= 15 is 0 Å². The third-order valence-electron chi connectivity index (χ3n) is 4.19. The standard InChI is InChI=1S/C24H16N4O4/c1-15(29)32-22-11-18(23(30)27-20-6-2-4-16(8-20)13-25)10-19(12-22)24(31)28-21-7-3-5-17(9-21)14-26/h2-12H,1H3,(H,27,30)(H,28,31). The Morgan fingerprint density at radius 3 is 1.62 bits per heavy atom. The van der Waals surface area contributed by atoms with E-state index in [0.717, 1.165) is 0 Å². The molecule has 2 N–H and O–H groups in total. The van der Waals surface area contributed by atoms with Crippen LogP contribution in [0, 0.1) is 22.7 Å². The maximum atomic E-state index is 12.8. The first-order chi connectivity index (χ1) is 15.4. The van der Waals surface area contributed by atoms with Crippen molar-refractivity contribution in [2.75, 3.05) is 10.6 Å². The molecule has 8 nitrogen and oxygen atoms in total. The normalized spacial score (nSPS) is 9.72. The van der Waals surface area contributed by atoms with E-state index in [1.165, 1.54) is 37.3 Å². The molecule has 0 bridgehead atoms. The molecule has 0 saturated carbocycles. The molecule has 0 aliphatic carbocycles. The summed E-state index contributed by atoms with van der Waals surface area (Å²) in [5, 5.41) is 23.3. The van der Waals surface area contributed by atoms with Gasteiger partial charge in [0.1, 0.15) is 5.75 Å². The summed E-state index contributed by atoms with van der Waals surface area (Å²) in [6.45, 7) is 1.20. The molecule has 0 heterocycles. The number of hydrogen-bond donors (Lipinski definition) is 2. The molecule has 0 atom stereocenters. The van der Waals surface area contributed by atoms with Crippen molar-refractivity contribution in [3.8, 4) is 17.9 Å². The highest BCUT2D eigenvalue weighted by atomic mass is 16.5. The van der Waals surface area contributed by atoms with Gasteiger partial charge in [-0.2, -0.15) is 10.5 Å². The van der Waals surface area contributed by atoms with Gasteiger partial charge in [-0.25, -0.2) is 0 Å². The van der Waals surface area contributed by atoms with Gasteiger partial charge in [-0.3, -0.25) is 14.4 Å². The molecule has 3 aromatic carbocycles. The molecule has 0 radical (unpaired) electrons. The Labute approximate surface area is 183 Å². The van der Waals surface area contributed by atoms with E-state index in [0.29, 0.717) is 22.5 Å². The lowest BCUT2D eigenvalue weighted by molar-refractivity contribution is -0.131. The van der Waals surface area contributed by atoms with E-state index in [1.807, 2.05) is 12.1 Å². The number of amides is 2. The average molecular weight is 424 g/mol. The number of nitriles is 2. The van der Waals surface area contributed by atoms with Gasteiger partial charge in [-0.15, -0.1) is 0 Å². The molecule has 3 aromatic rings. The zero-order valence-electron chi connectivity index (χ0n) is 16.9. The fraction of sp³-hybridized carbons (Fsp3) is 0.0417. The fourth-order valence-corrected chi connectivity index (χ4v) is 2.83. The first-order valence-electron chi connectivity index (χ1n) is 9.34. The van der Waals surface area contributed by atoms with Crippen LogP contribution < -0.4 is 15.4 Å². The number of nitrogens with zero attached hydrogens (tertiary/aromatic N) is 2. The van der Waals surface area contributed by atoms with Crippen molar-refractivity contribution in [1.29, 1.82) is 10.5 Å². The van der Waals surface area contributed by atoms with Gasteiger partial charge in [-0.1, -0.05) is 12.1 Å². The average Bonchev–Trinajstić information content (AvgIpc) is 2.78. The molecule has 0 aliphatic rings. The molecule has 8 heteroatoms. The third-order valence-corrected chi connectivity index (χ3v) is 4.19. The molecule has 156 valence electrons. The number of carbonyl (C=O) groups excluding carboxylic acids is 3. The summed E-state index contributed by atoms with van der Waals surface area (Å²) in [7, 11) is 0. The van der Waals surface area contributed by atoms with E-state index in [4.69, 9.17) is 15.3 Å². The van der Waals surface area contributed by atoms with Crippen LogP contribution in [0.3, 0.4) is 0 Å². The highest BCUT2D eigenvalue weighted by molar-refractivity contribution is 6.09. The van der Waals surface area contributed by atoms with Crippen LogP contribution in [0.1, 0.15) is 38.8 Å². The summed E-state index contributed by atoms with van der Waals surface area (Å²) >= 11 is 0. The molecule has 0 aliphatic heterocycles. The van der Waals surface area contributed by atoms with Crippen molar-refractivity contribution in [3.63, 3.8) is 0 Å². The van der Waals surface area contributed by atoms with Gasteiger partial charge in [0.2, 0.25) is 0 Å². The van der Waals surface area contributed by atoms with Crippen molar-refractivity contribution in [1.82, 2.24) is 0 Å². The first-order valence-corrected chi connectivity index (χ1v) is 9.34. The highest BCUT2D eigenvalue weighted by Gasteiger charge is 2.16. The molecule has 0 saturated heterocycles. The van der Waals surface area contributed by atoms with E-state index in [2.05, 4.69) is 10.6 Å². The number of ether oxygens (including phenoxy) is 1. The van der Waals surface area contributed by atoms with Crippen LogP contribution in [-0.4, -0.2) is 17.8 Å². The summed E-state index contributed by atoms with van der Waals surface area (Å²) in [6.07, 6.45) is 0.